The third kappa shape index (κ3) is 3.60. The van der Waals surface area contributed by atoms with Crippen LogP contribution >= 0.6 is 11.8 Å². The Hall–Kier alpha value is -3.42. The molecule has 0 bridgehead atoms. The smallest absolute Gasteiger partial charge is 0.327 e. The van der Waals surface area contributed by atoms with Crippen molar-refractivity contribution < 1.29 is 34.1 Å². The largest absolute Gasteiger partial charge is 0.480 e. The van der Waals surface area contributed by atoms with Crippen molar-refractivity contribution in [1.29, 1.82) is 0 Å². The first-order valence-electron chi connectivity index (χ1n) is 8.52. The minimum atomic E-state index is -1.14. The van der Waals surface area contributed by atoms with Gasteiger partial charge in [0, 0.05) is 10.8 Å². The summed E-state index contributed by atoms with van der Waals surface area (Å²) in [5, 5.41) is 33.1. The minimum Gasteiger partial charge on any atom is -0.480 e. The van der Waals surface area contributed by atoms with Crippen molar-refractivity contribution in [2.75, 3.05) is 6.61 Å². The molecule has 2 N–H and O–H groups in total. The number of nitro groups is 2. The summed E-state index contributed by atoms with van der Waals surface area (Å²) >= 11 is 1.25. The molecular weight excluding hydrogens is 424 g/mol. The molecular formula is C16H16N4O9S. The maximum absolute atomic E-state index is 12.3. The highest BCUT2D eigenvalue weighted by Gasteiger charge is 2.64. The van der Waals surface area contributed by atoms with Gasteiger partial charge in [-0.1, -0.05) is 0 Å². The number of carboxylic acids is 1. The number of ether oxygens (including phenoxy) is 1. The topological polar surface area (TPSA) is 182 Å². The van der Waals surface area contributed by atoms with Gasteiger partial charge in [-0.15, -0.1) is 11.8 Å². The van der Waals surface area contributed by atoms with Crippen LogP contribution in [0.4, 0.5) is 11.4 Å². The number of β-lactam (4-membered cyclic amide) rings is 1. The molecule has 3 rings (SSSR count). The molecule has 1 aromatic carbocycles. The first-order valence-corrected chi connectivity index (χ1v) is 9.40. The van der Waals surface area contributed by atoms with E-state index < -0.39 is 67.8 Å². The van der Waals surface area contributed by atoms with E-state index in [1.807, 2.05) is 0 Å². The first kappa shape index (κ1) is 21.3. The Balaban J connectivity index is 1.64. The van der Waals surface area contributed by atoms with E-state index in [1.54, 1.807) is 13.8 Å². The molecule has 2 saturated heterocycles. The van der Waals surface area contributed by atoms with Gasteiger partial charge in [0.05, 0.1) is 15.9 Å². The number of nitrogens with one attached hydrogen (secondary N) is 1. The zero-order valence-electron chi connectivity index (χ0n) is 15.6. The van der Waals surface area contributed by atoms with Crippen LogP contribution in [0.2, 0.25) is 0 Å². The second kappa shape index (κ2) is 7.44. The molecule has 0 saturated carbocycles. The number of benzene rings is 1. The van der Waals surface area contributed by atoms with Crippen molar-refractivity contribution in [3.8, 4) is 5.75 Å². The van der Waals surface area contributed by atoms with Gasteiger partial charge >= 0.3 is 11.7 Å². The predicted molar refractivity (Wildman–Crippen MR) is 101 cm³/mol. The molecule has 3 atom stereocenters. The number of fused-ring (bicyclic) bond motifs is 1. The van der Waals surface area contributed by atoms with Gasteiger partial charge < -0.3 is 20.1 Å². The maximum atomic E-state index is 12.3. The number of amides is 2. The van der Waals surface area contributed by atoms with Crippen LogP contribution in [0, 0.1) is 20.2 Å². The molecule has 160 valence electrons. The fourth-order valence-corrected chi connectivity index (χ4v) is 5.01. The second-order valence-corrected chi connectivity index (χ2v) is 8.87. The molecule has 0 aromatic heterocycles. The predicted octanol–water partition coefficient (Wildman–Crippen LogP) is 0.513. The van der Waals surface area contributed by atoms with Crippen molar-refractivity contribution in [3.63, 3.8) is 0 Å². The van der Waals surface area contributed by atoms with Crippen molar-refractivity contribution in [1.82, 2.24) is 10.2 Å². The summed E-state index contributed by atoms with van der Waals surface area (Å²) in [5.41, 5.74) is -1.19. The summed E-state index contributed by atoms with van der Waals surface area (Å²) in [4.78, 5) is 57.4. The average molecular weight is 440 g/mol. The maximum Gasteiger partial charge on any atom is 0.327 e. The Morgan fingerprint density at radius 3 is 2.53 bits per heavy atom. The Labute approximate surface area is 172 Å². The van der Waals surface area contributed by atoms with Gasteiger partial charge in [-0.25, -0.2) is 4.79 Å². The molecule has 2 aliphatic rings. The summed E-state index contributed by atoms with van der Waals surface area (Å²) in [6.07, 6.45) is 0. The number of carbonyl (C=O) groups is 3. The molecule has 2 aliphatic heterocycles. The van der Waals surface area contributed by atoms with Crippen LogP contribution in [0.3, 0.4) is 0 Å². The van der Waals surface area contributed by atoms with Gasteiger partial charge in [0.15, 0.2) is 12.4 Å². The summed E-state index contributed by atoms with van der Waals surface area (Å²) < 4.78 is 4.36. The Morgan fingerprint density at radius 1 is 1.30 bits per heavy atom. The second-order valence-electron chi connectivity index (χ2n) is 7.10. The Kier molecular flexibility index (Phi) is 5.28. The number of nitrogens with zero attached hydrogens (tertiary/aromatic N) is 3. The van der Waals surface area contributed by atoms with Crippen molar-refractivity contribution in [3.05, 3.63) is 38.4 Å². The minimum absolute atomic E-state index is 0.343. The van der Waals surface area contributed by atoms with Crippen LogP contribution < -0.4 is 10.1 Å². The lowest BCUT2D eigenvalue weighted by Gasteiger charge is -2.43. The molecule has 13 nitrogen and oxygen atoms in total. The van der Waals surface area contributed by atoms with Gasteiger partial charge in [-0.05, 0) is 19.9 Å². The summed E-state index contributed by atoms with van der Waals surface area (Å²) in [5.74, 6) is -2.77. The van der Waals surface area contributed by atoms with E-state index in [0.29, 0.717) is 6.07 Å². The molecule has 2 amide bonds. The highest BCUT2D eigenvalue weighted by molar-refractivity contribution is 8.01. The Morgan fingerprint density at radius 2 is 1.97 bits per heavy atom. The lowest BCUT2D eigenvalue weighted by atomic mass is 9.96. The number of thioether (sulfide) groups is 1. The van der Waals surface area contributed by atoms with E-state index in [-0.39, 0.29) is 5.75 Å². The number of carbonyl (C=O) groups excluding carboxylic acids is 2. The van der Waals surface area contributed by atoms with Crippen LogP contribution in [0.25, 0.3) is 0 Å². The van der Waals surface area contributed by atoms with E-state index in [4.69, 9.17) is 4.74 Å². The third-order valence-electron chi connectivity index (χ3n) is 4.70. The van der Waals surface area contributed by atoms with Crippen molar-refractivity contribution in [2.45, 2.75) is 36.1 Å². The Bertz CT molecular complexity index is 966. The molecule has 14 heteroatoms. The van der Waals surface area contributed by atoms with Gasteiger partial charge in [0.2, 0.25) is 5.91 Å². The molecule has 3 unspecified atom stereocenters. The summed E-state index contributed by atoms with van der Waals surface area (Å²) in [6.45, 7) is 2.71. The number of hydrogen-bond donors (Lipinski definition) is 2. The van der Waals surface area contributed by atoms with E-state index in [9.17, 15) is 39.7 Å². The van der Waals surface area contributed by atoms with E-state index >= 15 is 0 Å². The summed E-state index contributed by atoms with van der Waals surface area (Å²) in [6, 6.07) is 0.751. The van der Waals surface area contributed by atoms with Gasteiger partial charge in [0.25, 0.3) is 11.6 Å². The van der Waals surface area contributed by atoms with Crippen LogP contribution in [0.15, 0.2) is 18.2 Å². The van der Waals surface area contributed by atoms with Crippen LogP contribution in [0.5, 0.6) is 5.75 Å². The van der Waals surface area contributed by atoms with E-state index in [0.717, 1.165) is 12.1 Å². The lowest BCUT2D eigenvalue weighted by Crippen LogP contribution is -2.70. The monoisotopic (exact) mass is 440 g/mol. The van der Waals surface area contributed by atoms with Crippen molar-refractivity contribution >= 4 is 40.9 Å². The lowest BCUT2D eigenvalue weighted by molar-refractivity contribution is -0.394. The fraction of sp³-hybridized carbons (Fsp3) is 0.438. The molecule has 30 heavy (non-hydrogen) atoms. The fourth-order valence-electron chi connectivity index (χ4n) is 3.39. The highest BCUT2D eigenvalue weighted by Crippen LogP contribution is 2.50. The van der Waals surface area contributed by atoms with Crippen molar-refractivity contribution in [2.24, 2.45) is 0 Å². The first-order chi connectivity index (χ1) is 13.9. The molecule has 1 aromatic rings. The molecule has 0 spiro atoms. The SMILES string of the molecule is CC1(C)SC2C(NC(=O)COc3ccc([N+](=O)[O-])cc3[N+](=O)[O-])C(=O)N2C1C(=O)O. The number of carboxylic acid groups (broad SMARTS) is 1. The number of hydrogen-bond acceptors (Lipinski definition) is 9. The number of nitro benzene ring substituents is 2. The standard InChI is InChI=1S/C16H16N4O9S/c1-16(2)12(15(23)24)18-13(22)11(14(18)30-16)17-10(21)6-29-9-4-3-7(19(25)26)5-8(9)20(27)28/h3-5,11-12,14H,6H2,1-2H3,(H,17,21)(H,23,24). The zero-order valence-corrected chi connectivity index (χ0v) is 16.5. The van der Waals surface area contributed by atoms with Gasteiger partial charge in [-0.2, -0.15) is 0 Å². The third-order valence-corrected chi connectivity index (χ3v) is 6.27. The number of aliphatic carboxylic acids is 1. The number of non-ortho nitro benzene ring substituents is 1. The van der Waals surface area contributed by atoms with Gasteiger partial charge in [-0.3, -0.25) is 29.8 Å². The highest BCUT2D eigenvalue weighted by atomic mass is 32.2. The molecule has 2 fully saturated rings. The van der Waals surface area contributed by atoms with Crippen LogP contribution in [0.1, 0.15) is 13.8 Å². The van der Waals surface area contributed by atoms with E-state index in [1.165, 1.54) is 16.7 Å². The number of rotatable bonds is 7. The average Bonchev–Trinajstić information content (AvgIpc) is 2.92. The molecule has 2 heterocycles. The van der Waals surface area contributed by atoms with Crippen LogP contribution in [-0.2, 0) is 14.4 Å². The van der Waals surface area contributed by atoms with Gasteiger partial charge in [0.1, 0.15) is 17.5 Å². The quantitative estimate of drug-likeness (QED) is 0.344. The summed E-state index contributed by atoms with van der Waals surface area (Å²) in [7, 11) is 0. The normalized spacial score (nSPS) is 23.9. The van der Waals surface area contributed by atoms with Crippen LogP contribution in [-0.4, -0.2) is 66.4 Å². The zero-order chi connectivity index (χ0) is 22.4. The van der Waals surface area contributed by atoms with E-state index in [2.05, 4.69) is 5.32 Å². The molecule has 0 aliphatic carbocycles. The molecule has 0 radical (unpaired) electrons.